The van der Waals surface area contributed by atoms with Crippen molar-refractivity contribution >= 4 is 5.91 Å². The Balaban J connectivity index is 3.08. The molecule has 0 aromatic heterocycles. The summed E-state index contributed by atoms with van der Waals surface area (Å²) in [4.78, 5) is 10.7. The van der Waals surface area contributed by atoms with Crippen molar-refractivity contribution in [3.63, 3.8) is 0 Å². The maximum absolute atomic E-state index is 10.7. The predicted octanol–water partition coefficient (Wildman–Crippen LogP) is 0.151. The number of carbonyl (C=O) groups excluding carboxylic acids is 1. The van der Waals surface area contributed by atoms with Crippen molar-refractivity contribution in [2.24, 2.45) is 0 Å². The second-order valence-corrected chi connectivity index (χ2v) is 15.6. The van der Waals surface area contributed by atoms with Gasteiger partial charge in [0.2, 0.25) is 5.91 Å². The number of ether oxygens (including phenoxy) is 24. The minimum atomic E-state index is -0.0668. The summed E-state index contributed by atoms with van der Waals surface area (Å²) >= 11 is 0. The van der Waals surface area contributed by atoms with Crippen molar-refractivity contribution in [2.45, 2.75) is 6.92 Å². The van der Waals surface area contributed by atoms with Crippen molar-refractivity contribution in [3.05, 3.63) is 0 Å². The van der Waals surface area contributed by atoms with E-state index < -0.39 is 0 Å². The molecule has 0 heterocycles. The van der Waals surface area contributed by atoms with Crippen molar-refractivity contribution in [1.82, 2.24) is 5.32 Å². The lowest BCUT2D eigenvalue weighted by atomic mass is 10.6. The first-order valence-corrected chi connectivity index (χ1v) is 27.3. The molecule has 0 bridgehead atoms. The Kier molecular flexibility index (Phi) is 71.1. The van der Waals surface area contributed by atoms with Gasteiger partial charge in [-0.05, 0) is 0 Å². The van der Waals surface area contributed by atoms with E-state index in [2.05, 4.69) is 5.32 Å². The highest BCUT2D eigenvalue weighted by atomic mass is 16.6. The SMILES string of the molecule is COCCOCCOCCOCCOCCOCCOCCOCCOCCOCCOCCOCCOCCOCCOCCOCCOCCOCCOCCOCCOCCOCCOCCOCCNC(C)=O. The number of amides is 1. The summed E-state index contributed by atoms with van der Waals surface area (Å²) in [7, 11) is 1.64. The molecule has 0 saturated heterocycles. The van der Waals surface area contributed by atoms with Gasteiger partial charge in [0.1, 0.15) is 0 Å². The molecule has 462 valence electrons. The minimum Gasteiger partial charge on any atom is -0.382 e. The first-order valence-electron chi connectivity index (χ1n) is 27.3. The summed E-state index contributed by atoms with van der Waals surface area (Å²) in [5, 5.41) is 2.66. The molecular formula is C51H103NO25. The van der Waals surface area contributed by atoms with Crippen LogP contribution >= 0.6 is 0 Å². The van der Waals surface area contributed by atoms with Crippen LogP contribution in [0.25, 0.3) is 0 Å². The number of rotatable bonds is 72. The molecule has 0 aromatic rings. The Morgan fingerprint density at radius 1 is 0.195 bits per heavy atom. The molecule has 26 nitrogen and oxygen atoms in total. The highest BCUT2D eigenvalue weighted by Gasteiger charge is 2.00. The van der Waals surface area contributed by atoms with Gasteiger partial charge in [-0.3, -0.25) is 4.79 Å². The van der Waals surface area contributed by atoms with Crippen LogP contribution in [-0.4, -0.2) is 330 Å². The molecule has 0 unspecified atom stereocenters. The number of nitrogens with one attached hydrogen (secondary N) is 1. The van der Waals surface area contributed by atoms with Gasteiger partial charge in [0.05, 0.1) is 311 Å². The fourth-order valence-electron chi connectivity index (χ4n) is 5.38. The van der Waals surface area contributed by atoms with Crippen LogP contribution in [0.1, 0.15) is 6.92 Å². The van der Waals surface area contributed by atoms with Gasteiger partial charge in [-0.25, -0.2) is 0 Å². The molecular weight excluding hydrogens is 1030 g/mol. The lowest BCUT2D eigenvalue weighted by Crippen LogP contribution is -2.25. The van der Waals surface area contributed by atoms with Gasteiger partial charge in [-0.1, -0.05) is 0 Å². The second kappa shape index (κ2) is 72.5. The molecule has 0 aliphatic heterocycles. The molecule has 0 atom stereocenters. The number of hydrogen-bond acceptors (Lipinski definition) is 25. The largest absolute Gasteiger partial charge is 0.382 e. The molecule has 0 aliphatic rings. The standard InChI is InChI=1S/C51H103NO25/c1-51(53)52-3-4-55-7-8-57-11-12-59-15-16-61-19-20-63-23-24-65-27-28-67-31-32-69-35-36-71-39-40-73-43-44-75-47-48-77-50-49-76-46-45-74-42-41-72-38-37-70-34-33-68-30-29-66-26-25-64-22-21-62-18-17-60-14-13-58-10-9-56-6-5-54-2/h3-50H2,1-2H3,(H,52,53). The van der Waals surface area contributed by atoms with E-state index in [0.717, 1.165) is 0 Å². The molecule has 0 radical (unpaired) electrons. The summed E-state index contributed by atoms with van der Waals surface area (Å²) in [6.07, 6.45) is 0. The smallest absolute Gasteiger partial charge is 0.216 e. The van der Waals surface area contributed by atoms with Crippen LogP contribution in [0.2, 0.25) is 0 Å². The third kappa shape index (κ3) is 74.5. The average molecular weight is 1130 g/mol. The summed E-state index contributed by atoms with van der Waals surface area (Å²) in [5.74, 6) is -0.0668. The molecule has 26 heteroatoms. The summed E-state index contributed by atoms with van der Waals surface area (Å²) in [5.41, 5.74) is 0. The quantitative estimate of drug-likeness (QED) is 0.0796. The molecule has 0 fully saturated rings. The third-order valence-electron chi connectivity index (χ3n) is 9.24. The molecule has 0 rings (SSSR count). The zero-order valence-corrected chi connectivity index (χ0v) is 47.1. The van der Waals surface area contributed by atoms with Crippen LogP contribution in [0.3, 0.4) is 0 Å². The monoisotopic (exact) mass is 1130 g/mol. The first-order chi connectivity index (χ1) is 38.3. The second-order valence-electron chi connectivity index (χ2n) is 15.6. The zero-order valence-electron chi connectivity index (χ0n) is 47.1. The van der Waals surface area contributed by atoms with E-state index in [9.17, 15) is 4.79 Å². The Morgan fingerprint density at radius 3 is 0.403 bits per heavy atom. The summed E-state index contributed by atoms with van der Waals surface area (Å²) in [6, 6.07) is 0. The number of methoxy groups -OCH3 is 1. The maximum atomic E-state index is 10.7. The van der Waals surface area contributed by atoms with Gasteiger partial charge in [0.25, 0.3) is 0 Å². The zero-order chi connectivity index (χ0) is 55.2. The summed E-state index contributed by atoms with van der Waals surface area (Å²) < 4.78 is 131. The molecule has 1 amide bonds. The van der Waals surface area contributed by atoms with Crippen LogP contribution in [-0.2, 0) is 118 Å². The number of carbonyl (C=O) groups is 1. The Bertz CT molecular complexity index is 1070. The fourth-order valence-corrected chi connectivity index (χ4v) is 5.38. The lowest BCUT2D eigenvalue weighted by molar-refractivity contribution is -0.119. The highest BCUT2D eigenvalue weighted by Crippen LogP contribution is 1.91. The van der Waals surface area contributed by atoms with Crippen LogP contribution in [0.15, 0.2) is 0 Å². The molecule has 0 spiro atoms. The predicted molar refractivity (Wildman–Crippen MR) is 279 cm³/mol. The molecule has 1 N–H and O–H groups in total. The van der Waals surface area contributed by atoms with E-state index in [1.807, 2.05) is 0 Å². The van der Waals surface area contributed by atoms with Crippen molar-refractivity contribution in [3.8, 4) is 0 Å². The van der Waals surface area contributed by atoms with Gasteiger partial charge in [0, 0.05) is 20.6 Å². The highest BCUT2D eigenvalue weighted by molar-refractivity contribution is 5.72. The molecule has 0 saturated carbocycles. The lowest BCUT2D eigenvalue weighted by Gasteiger charge is -2.09. The van der Waals surface area contributed by atoms with Gasteiger partial charge in [-0.2, -0.15) is 0 Å². The van der Waals surface area contributed by atoms with Crippen LogP contribution in [0, 0.1) is 0 Å². The maximum Gasteiger partial charge on any atom is 0.216 e. The topological polar surface area (TPSA) is 251 Å². The van der Waals surface area contributed by atoms with E-state index in [1.165, 1.54) is 6.92 Å². The minimum absolute atomic E-state index is 0.0668. The van der Waals surface area contributed by atoms with E-state index in [1.54, 1.807) is 7.11 Å². The van der Waals surface area contributed by atoms with Gasteiger partial charge in [-0.15, -0.1) is 0 Å². The van der Waals surface area contributed by atoms with Crippen molar-refractivity contribution < 1.29 is 118 Å². The van der Waals surface area contributed by atoms with Crippen LogP contribution in [0.5, 0.6) is 0 Å². The first kappa shape index (κ1) is 75.5. The van der Waals surface area contributed by atoms with Crippen molar-refractivity contribution in [2.75, 3.05) is 324 Å². The Labute approximate surface area is 459 Å². The average Bonchev–Trinajstić information content (AvgIpc) is 3.43. The Morgan fingerprint density at radius 2 is 0.299 bits per heavy atom. The van der Waals surface area contributed by atoms with E-state index >= 15 is 0 Å². The van der Waals surface area contributed by atoms with E-state index in [0.29, 0.717) is 317 Å². The van der Waals surface area contributed by atoms with Gasteiger partial charge < -0.3 is 119 Å². The fraction of sp³-hybridized carbons (Fsp3) is 0.980. The van der Waals surface area contributed by atoms with E-state index in [-0.39, 0.29) is 5.91 Å². The third-order valence-corrected chi connectivity index (χ3v) is 9.24. The van der Waals surface area contributed by atoms with Gasteiger partial charge >= 0.3 is 0 Å². The number of hydrogen-bond donors (Lipinski definition) is 1. The Hall–Kier alpha value is -1.49. The van der Waals surface area contributed by atoms with Gasteiger partial charge in [0.15, 0.2) is 0 Å². The van der Waals surface area contributed by atoms with E-state index in [4.69, 9.17) is 114 Å². The molecule has 0 aromatic carbocycles. The van der Waals surface area contributed by atoms with Crippen molar-refractivity contribution in [1.29, 1.82) is 0 Å². The normalized spacial score (nSPS) is 11.7. The van der Waals surface area contributed by atoms with Crippen LogP contribution in [0.4, 0.5) is 0 Å². The molecule has 0 aliphatic carbocycles. The van der Waals surface area contributed by atoms with Crippen LogP contribution < -0.4 is 5.32 Å². The summed E-state index contributed by atoms with van der Waals surface area (Å²) in [6.45, 7) is 25.3. The molecule has 77 heavy (non-hydrogen) atoms.